The van der Waals surface area contributed by atoms with E-state index in [1.807, 2.05) is 0 Å². The van der Waals surface area contributed by atoms with Gasteiger partial charge in [0.25, 0.3) is 5.91 Å². The Balaban J connectivity index is 1.86. The maximum absolute atomic E-state index is 12.5. The molecule has 8 nitrogen and oxygen atoms in total. The standard InChI is InChI=1S/C18H22N4O4/c1-3-18(2,17(24)25)21-15(23)14-7-6-12(13-8-9-19-22-13)16(20-14)26-10-11-4-5-11/h6-9,11H,3-5,10H2,1-2H3,(H,19,22)(H,21,23)(H,24,25). The summed E-state index contributed by atoms with van der Waals surface area (Å²) in [4.78, 5) is 28.3. The number of H-pyrrole nitrogens is 1. The highest BCUT2D eigenvalue weighted by Crippen LogP contribution is 2.32. The predicted octanol–water partition coefficient (Wildman–Crippen LogP) is 2.24. The van der Waals surface area contributed by atoms with Gasteiger partial charge >= 0.3 is 5.97 Å². The van der Waals surface area contributed by atoms with E-state index >= 15 is 0 Å². The summed E-state index contributed by atoms with van der Waals surface area (Å²) in [5.74, 6) is -0.779. The number of hydrogen-bond donors (Lipinski definition) is 3. The number of rotatable bonds is 8. The first kappa shape index (κ1) is 17.9. The van der Waals surface area contributed by atoms with E-state index in [0.717, 1.165) is 18.5 Å². The normalized spacial score (nSPS) is 15.9. The first-order valence-electron chi connectivity index (χ1n) is 8.62. The van der Waals surface area contributed by atoms with Gasteiger partial charge in [-0.15, -0.1) is 0 Å². The molecule has 0 aromatic carbocycles. The van der Waals surface area contributed by atoms with E-state index in [2.05, 4.69) is 20.5 Å². The van der Waals surface area contributed by atoms with Gasteiger partial charge in [0.1, 0.15) is 11.2 Å². The predicted molar refractivity (Wildman–Crippen MR) is 93.8 cm³/mol. The van der Waals surface area contributed by atoms with E-state index in [1.54, 1.807) is 31.3 Å². The number of aromatic nitrogens is 3. The van der Waals surface area contributed by atoms with Crippen molar-refractivity contribution in [1.82, 2.24) is 20.5 Å². The van der Waals surface area contributed by atoms with Crippen LogP contribution < -0.4 is 10.1 Å². The van der Waals surface area contributed by atoms with E-state index in [1.165, 1.54) is 6.92 Å². The zero-order valence-corrected chi connectivity index (χ0v) is 14.8. The Labute approximate surface area is 151 Å². The highest BCUT2D eigenvalue weighted by atomic mass is 16.5. The number of aromatic amines is 1. The average molecular weight is 358 g/mol. The van der Waals surface area contributed by atoms with Crippen molar-refractivity contribution in [2.75, 3.05) is 6.61 Å². The van der Waals surface area contributed by atoms with Gasteiger partial charge in [0.2, 0.25) is 5.88 Å². The van der Waals surface area contributed by atoms with Gasteiger partial charge in [-0.25, -0.2) is 9.78 Å². The topological polar surface area (TPSA) is 117 Å². The van der Waals surface area contributed by atoms with E-state index in [-0.39, 0.29) is 12.1 Å². The summed E-state index contributed by atoms with van der Waals surface area (Å²) in [7, 11) is 0. The van der Waals surface area contributed by atoms with Crippen LogP contribution in [0.2, 0.25) is 0 Å². The van der Waals surface area contributed by atoms with Crippen LogP contribution in [-0.2, 0) is 4.79 Å². The molecule has 1 aliphatic carbocycles. The Morgan fingerprint density at radius 1 is 1.38 bits per heavy atom. The third-order valence-electron chi connectivity index (χ3n) is 4.61. The number of aliphatic carboxylic acids is 1. The van der Waals surface area contributed by atoms with Crippen LogP contribution in [0, 0.1) is 5.92 Å². The number of carbonyl (C=O) groups is 2. The molecule has 0 radical (unpaired) electrons. The molecule has 8 heteroatoms. The molecular weight excluding hydrogens is 336 g/mol. The van der Waals surface area contributed by atoms with Gasteiger partial charge in [-0.2, -0.15) is 5.10 Å². The van der Waals surface area contributed by atoms with Crippen molar-refractivity contribution >= 4 is 11.9 Å². The molecule has 0 bridgehead atoms. The number of carboxylic acid groups (broad SMARTS) is 1. The molecule has 1 aliphatic rings. The molecular formula is C18H22N4O4. The van der Waals surface area contributed by atoms with Crippen LogP contribution in [0.5, 0.6) is 5.88 Å². The second-order valence-electron chi connectivity index (χ2n) is 6.72. The summed E-state index contributed by atoms with van der Waals surface area (Å²) in [5, 5.41) is 18.7. The van der Waals surface area contributed by atoms with Crippen molar-refractivity contribution in [3.8, 4) is 17.1 Å². The lowest BCUT2D eigenvalue weighted by Crippen LogP contribution is -2.51. The Bertz CT molecular complexity index is 802. The highest BCUT2D eigenvalue weighted by Gasteiger charge is 2.33. The van der Waals surface area contributed by atoms with Gasteiger partial charge in [-0.1, -0.05) is 6.92 Å². The van der Waals surface area contributed by atoms with Gasteiger partial charge in [0.15, 0.2) is 0 Å². The van der Waals surface area contributed by atoms with Crippen LogP contribution >= 0.6 is 0 Å². The second kappa shape index (κ2) is 7.15. The molecule has 3 rings (SSSR count). The summed E-state index contributed by atoms with van der Waals surface area (Å²) in [6.45, 7) is 3.71. The number of ether oxygens (including phenoxy) is 1. The van der Waals surface area contributed by atoms with E-state index in [0.29, 0.717) is 24.0 Å². The fourth-order valence-electron chi connectivity index (χ4n) is 2.38. The van der Waals surface area contributed by atoms with Crippen molar-refractivity contribution in [3.05, 3.63) is 30.1 Å². The molecule has 1 fully saturated rings. The number of nitrogens with zero attached hydrogens (tertiary/aromatic N) is 2. The van der Waals surface area contributed by atoms with Crippen LogP contribution in [0.3, 0.4) is 0 Å². The molecule has 1 unspecified atom stereocenters. The SMILES string of the molecule is CCC(C)(NC(=O)c1ccc(-c2ccn[nH]2)c(OCC2CC2)n1)C(=O)O. The summed E-state index contributed by atoms with van der Waals surface area (Å²) < 4.78 is 5.82. The summed E-state index contributed by atoms with van der Waals surface area (Å²) in [5.41, 5.74) is 0.200. The van der Waals surface area contributed by atoms with E-state index in [4.69, 9.17) is 4.74 Å². The lowest BCUT2D eigenvalue weighted by molar-refractivity contribution is -0.143. The quantitative estimate of drug-likeness (QED) is 0.666. The van der Waals surface area contributed by atoms with Crippen molar-refractivity contribution in [1.29, 1.82) is 0 Å². The third kappa shape index (κ3) is 3.84. The largest absolute Gasteiger partial charge is 0.480 e. The molecule has 2 heterocycles. The van der Waals surface area contributed by atoms with E-state index in [9.17, 15) is 14.7 Å². The molecule has 3 N–H and O–H groups in total. The number of pyridine rings is 1. The van der Waals surface area contributed by atoms with Crippen LogP contribution in [0.1, 0.15) is 43.6 Å². The smallest absolute Gasteiger partial charge is 0.329 e. The lowest BCUT2D eigenvalue weighted by atomic mass is 9.99. The Morgan fingerprint density at radius 2 is 2.15 bits per heavy atom. The number of amides is 1. The molecule has 0 spiro atoms. The van der Waals surface area contributed by atoms with Gasteiger partial charge < -0.3 is 15.2 Å². The molecule has 0 aliphatic heterocycles. The van der Waals surface area contributed by atoms with Crippen molar-refractivity contribution in [2.24, 2.45) is 5.92 Å². The summed E-state index contributed by atoms with van der Waals surface area (Å²) >= 11 is 0. The number of hydrogen-bond acceptors (Lipinski definition) is 5. The molecule has 1 atom stereocenters. The van der Waals surface area contributed by atoms with Crippen LogP contribution in [-0.4, -0.2) is 44.3 Å². The maximum atomic E-state index is 12.5. The van der Waals surface area contributed by atoms with Gasteiger partial charge in [-0.05, 0) is 50.3 Å². The molecule has 1 saturated carbocycles. The zero-order chi connectivity index (χ0) is 18.7. The van der Waals surface area contributed by atoms with Crippen molar-refractivity contribution in [2.45, 2.75) is 38.6 Å². The molecule has 26 heavy (non-hydrogen) atoms. The first-order chi connectivity index (χ1) is 12.4. The highest BCUT2D eigenvalue weighted by molar-refractivity contribution is 5.96. The number of carbonyl (C=O) groups excluding carboxylic acids is 1. The summed E-state index contributed by atoms with van der Waals surface area (Å²) in [6, 6.07) is 5.06. The summed E-state index contributed by atoms with van der Waals surface area (Å²) in [6.07, 6.45) is 4.14. The fraction of sp³-hybridized carbons (Fsp3) is 0.444. The Morgan fingerprint density at radius 3 is 2.73 bits per heavy atom. The minimum Gasteiger partial charge on any atom is -0.480 e. The van der Waals surface area contributed by atoms with Gasteiger partial charge in [0.05, 0.1) is 17.9 Å². The average Bonchev–Trinajstić information content (AvgIpc) is 3.30. The number of nitrogens with one attached hydrogen (secondary N) is 2. The molecule has 2 aromatic rings. The molecule has 0 saturated heterocycles. The monoisotopic (exact) mass is 358 g/mol. The van der Waals surface area contributed by atoms with Crippen molar-refractivity contribution < 1.29 is 19.4 Å². The molecule has 1 amide bonds. The molecule has 2 aromatic heterocycles. The minimum atomic E-state index is -1.35. The first-order valence-corrected chi connectivity index (χ1v) is 8.62. The van der Waals surface area contributed by atoms with E-state index < -0.39 is 17.4 Å². The maximum Gasteiger partial charge on any atom is 0.329 e. The number of carboxylic acids is 1. The van der Waals surface area contributed by atoms with Gasteiger partial charge in [0, 0.05) is 6.20 Å². The lowest BCUT2D eigenvalue weighted by Gasteiger charge is -2.24. The molecule has 138 valence electrons. The minimum absolute atomic E-state index is 0.111. The van der Waals surface area contributed by atoms with Crippen LogP contribution in [0.4, 0.5) is 0 Å². The Kier molecular flexibility index (Phi) is 4.92. The fourth-order valence-corrected chi connectivity index (χ4v) is 2.38. The Hall–Kier alpha value is -2.90. The zero-order valence-electron chi connectivity index (χ0n) is 14.8. The second-order valence-corrected chi connectivity index (χ2v) is 6.72. The van der Waals surface area contributed by atoms with Crippen LogP contribution in [0.15, 0.2) is 24.4 Å². The van der Waals surface area contributed by atoms with Crippen LogP contribution in [0.25, 0.3) is 11.3 Å². The van der Waals surface area contributed by atoms with Crippen molar-refractivity contribution in [3.63, 3.8) is 0 Å². The van der Waals surface area contributed by atoms with Gasteiger partial charge in [-0.3, -0.25) is 9.89 Å². The third-order valence-corrected chi connectivity index (χ3v) is 4.61.